The Balaban J connectivity index is 1.98. The summed E-state index contributed by atoms with van der Waals surface area (Å²) in [5, 5.41) is 0.797. The number of imidazole rings is 1. The molecule has 0 radical (unpaired) electrons. The predicted molar refractivity (Wildman–Crippen MR) is 83.2 cm³/mol. The molecule has 0 saturated heterocycles. The number of pyridine rings is 1. The van der Waals surface area contributed by atoms with Crippen LogP contribution in [0.2, 0.25) is 0 Å². The molecule has 0 bridgehead atoms. The molecular weight excluding hydrogens is 280 g/mol. The summed E-state index contributed by atoms with van der Waals surface area (Å²) >= 11 is 0. The second-order valence-corrected chi connectivity index (χ2v) is 4.92. The first kappa shape index (κ1) is 12.6. The maximum absolute atomic E-state index is 12.3. The van der Waals surface area contributed by atoms with Gasteiger partial charge in [0.1, 0.15) is 5.65 Å². The van der Waals surface area contributed by atoms with E-state index >= 15 is 0 Å². The normalized spacial score (nSPS) is 11.1. The van der Waals surface area contributed by atoms with Crippen LogP contribution in [-0.4, -0.2) is 16.5 Å². The van der Waals surface area contributed by atoms with Gasteiger partial charge in [0.15, 0.2) is 11.3 Å². The topological polar surface area (TPSA) is 56.7 Å². The monoisotopic (exact) mass is 292 g/mol. The molecule has 1 aromatic carbocycles. The van der Waals surface area contributed by atoms with Gasteiger partial charge >= 0.3 is 5.63 Å². The summed E-state index contributed by atoms with van der Waals surface area (Å²) in [5.74, 6) is 0.538. The third-order valence-corrected chi connectivity index (χ3v) is 3.58. The SMILES string of the molecule is COc1cccc2cc(-c3cn4ccccc4n3)c(=O)oc12. The van der Waals surface area contributed by atoms with Crippen LogP contribution < -0.4 is 10.4 Å². The molecule has 0 atom stereocenters. The van der Waals surface area contributed by atoms with Crippen LogP contribution in [0.25, 0.3) is 27.9 Å². The minimum Gasteiger partial charge on any atom is -0.493 e. The van der Waals surface area contributed by atoms with Gasteiger partial charge in [-0.2, -0.15) is 0 Å². The standard InChI is InChI=1S/C17H12N2O3/c1-21-14-6-4-5-11-9-12(17(20)22-16(11)14)13-10-19-8-3-2-7-15(19)18-13/h2-10H,1H3. The van der Waals surface area contributed by atoms with Gasteiger partial charge < -0.3 is 13.6 Å². The average Bonchev–Trinajstić information content (AvgIpc) is 2.97. The van der Waals surface area contributed by atoms with Crippen LogP contribution in [0.15, 0.2) is 64.1 Å². The van der Waals surface area contributed by atoms with Crippen molar-refractivity contribution in [1.29, 1.82) is 0 Å². The van der Waals surface area contributed by atoms with Gasteiger partial charge in [-0.05, 0) is 24.3 Å². The smallest absolute Gasteiger partial charge is 0.345 e. The molecule has 5 heteroatoms. The maximum Gasteiger partial charge on any atom is 0.345 e. The van der Waals surface area contributed by atoms with Gasteiger partial charge in [0.25, 0.3) is 0 Å². The maximum atomic E-state index is 12.3. The lowest BCUT2D eigenvalue weighted by Gasteiger charge is -2.04. The number of rotatable bonds is 2. The van der Waals surface area contributed by atoms with E-state index in [9.17, 15) is 4.79 Å². The summed E-state index contributed by atoms with van der Waals surface area (Å²) in [7, 11) is 1.55. The van der Waals surface area contributed by atoms with E-state index < -0.39 is 5.63 Å². The number of fused-ring (bicyclic) bond motifs is 2. The number of hydrogen-bond donors (Lipinski definition) is 0. The van der Waals surface area contributed by atoms with E-state index in [4.69, 9.17) is 9.15 Å². The Hall–Kier alpha value is -3.08. The molecule has 0 fully saturated rings. The summed E-state index contributed by atoms with van der Waals surface area (Å²) in [6, 6.07) is 13.0. The molecule has 0 saturated carbocycles. The molecule has 4 aromatic rings. The number of nitrogens with zero attached hydrogens (tertiary/aromatic N) is 2. The van der Waals surface area contributed by atoms with E-state index in [-0.39, 0.29) is 0 Å². The molecule has 108 valence electrons. The zero-order valence-electron chi connectivity index (χ0n) is 11.8. The molecule has 22 heavy (non-hydrogen) atoms. The lowest BCUT2D eigenvalue weighted by atomic mass is 10.1. The Morgan fingerprint density at radius 1 is 1.18 bits per heavy atom. The van der Waals surface area contributed by atoms with Gasteiger partial charge in [-0.25, -0.2) is 9.78 Å². The molecule has 0 amide bonds. The fourth-order valence-electron chi connectivity index (χ4n) is 2.52. The predicted octanol–water partition coefficient (Wildman–Crippen LogP) is 3.12. The summed E-state index contributed by atoms with van der Waals surface area (Å²) in [6.45, 7) is 0. The molecule has 0 N–H and O–H groups in total. The van der Waals surface area contributed by atoms with Gasteiger partial charge in [-0.1, -0.05) is 18.2 Å². The fourth-order valence-corrected chi connectivity index (χ4v) is 2.52. The highest BCUT2D eigenvalue weighted by molar-refractivity contribution is 5.85. The molecular formula is C17H12N2O3. The van der Waals surface area contributed by atoms with Crippen molar-refractivity contribution in [2.24, 2.45) is 0 Å². The quantitative estimate of drug-likeness (QED) is 0.533. The lowest BCUT2D eigenvalue weighted by Crippen LogP contribution is -2.03. The van der Waals surface area contributed by atoms with Crippen LogP contribution in [0, 0.1) is 0 Å². The zero-order valence-corrected chi connectivity index (χ0v) is 11.8. The number of aromatic nitrogens is 2. The van der Waals surface area contributed by atoms with Gasteiger partial charge in [-0.3, -0.25) is 0 Å². The number of ether oxygens (including phenoxy) is 1. The molecule has 0 spiro atoms. The largest absolute Gasteiger partial charge is 0.493 e. The highest BCUT2D eigenvalue weighted by Gasteiger charge is 2.13. The molecule has 3 heterocycles. The number of methoxy groups -OCH3 is 1. The number of para-hydroxylation sites is 1. The van der Waals surface area contributed by atoms with E-state index in [2.05, 4.69) is 4.98 Å². The van der Waals surface area contributed by atoms with E-state index in [1.165, 1.54) is 0 Å². The first-order valence-electron chi connectivity index (χ1n) is 6.81. The van der Waals surface area contributed by atoms with Gasteiger partial charge in [0.2, 0.25) is 0 Å². The van der Waals surface area contributed by atoms with Crippen molar-refractivity contribution in [2.45, 2.75) is 0 Å². The lowest BCUT2D eigenvalue weighted by molar-refractivity contribution is 0.407. The number of hydrogen-bond acceptors (Lipinski definition) is 4. The van der Waals surface area contributed by atoms with Crippen LogP contribution in [-0.2, 0) is 0 Å². The minimum atomic E-state index is -0.430. The average molecular weight is 292 g/mol. The van der Waals surface area contributed by atoms with Crippen LogP contribution in [0.1, 0.15) is 0 Å². The van der Waals surface area contributed by atoms with Crippen molar-refractivity contribution < 1.29 is 9.15 Å². The van der Waals surface area contributed by atoms with Gasteiger partial charge in [-0.15, -0.1) is 0 Å². The van der Waals surface area contributed by atoms with Crippen molar-refractivity contribution >= 4 is 16.6 Å². The molecule has 3 aromatic heterocycles. The minimum absolute atomic E-state index is 0.430. The zero-order chi connectivity index (χ0) is 15.1. The van der Waals surface area contributed by atoms with Gasteiger partial charge in [0, 0.05) is 17.8 Å². The Morgan fingerprint density at radius 2 is 2.09 bits per heavy atom. The molecule has 0 aliphatic heterocycles. The van der Waals surface area contributed by atoms with Crippen LogP contribution in [0.4, 0.5) is 0 Å². The van der Waals surface area contributed by atoms with Crippen molar-refractivity contribution in [2.75, 3.05) is 7.11 Å². The van der Waals surface area contributed by atoms with Crippen LogP contribution in [0.5, 0.6) is 5.75 Å². The highest BCUT2D eigenvalue weighted by Crippen LogP contribution is 2.27. The molecule has 0 unspecified atom stereocenters. The summed E-state index contributed by atoms with van der Waals surface area (Å²) in [5.41, 5.74) is 1.82. The molecule has 0 aliphatic carbocycles. The first-order chi connectivity index (χ1) is 10.8. The van der Waals surface area contributed by atoms with Gasteiger partial charge in [0.05, 0.1) is 18.4 Å². The summed E-state index contributed by atoms with van der Waals surface area (Å²) < 4.78 is 12.5. The fraction of sp³-hybridized carbons (Fsp3) is 0.0588. The van der Waals surface area contributed by atoms with Crippen molar-refractivity contribution in [3.05, 3.63) is 65.3 Å². The molecule has 4 rings (SSSR count). The Morgan fingerprint density at radius 3 is 2.91 bits per heavy atom. The molecule has 5 nitrogen and oxygen atoms in total. The van der Waals surface area contributed by atoms with E-state index in [1.54, 1.807) is 19.2 Å². The van der Waals surface area contributed by atoms with Crippen molar-refractivity contribution in [3.8, 4) is 17.0 Å². The van der Waals surface area contributed by atoms with E-state index in [0.717, 1.165) is 11.0 Å². The Kier molecular flexibility index (Phi) is 2.72. The van der Waals surface area contributed by atoms with Crippen molar-refractivity contribution in [1.82, 2.24) is 9.38 Å². The van der Waals surface area contributed by atoms with Crippen LogP contribution in [0.3, 0.4) is 0 Å². The van der Waals surface area contributed by atoms with E-state index in [0.29, 0.717) is 22.6 Å². The Labute approximate surface area is 125 Å². The highest BCUT2D eigenvalue weighted by atomic mass is 16.5. The third kappa shape index (κ3) is 1.87. The van der Waals surface area contributed by atoms with Crippen LogP contribution >= 0.6 is 0 Å². The Bertz CT molecular complexity index is 1010. The number of benzene rings is 1. The van der Waals surface area contributed by atoms with E-state index in [1.807, 2.05) is 47.1 Å². The summed E-state index contributed by atoms with van der Waals surface area (Å²) in [6.07, 6.45) is 3.70. The third-order valence-electron chi connectivity index (χ3n) is 3.58. The second-order valence-electron chi connectivity index (χ2n) is 4.92. The van der Waals surface area contributed by atoms with Crippen molar-refractivity contribution in [3.63, 3.8) is 0 Å². The first-order valence-corrected chi connectivity index (χ1v) is 6.81. The summed E-state index contributed by atoms with van der Waals surface area (Å²) in [4.78, 5) is 16.8. The second kappa shape index (κ2) is 4.73. The molecule has 0 aliphatic rings.